The van der Waals surface area contributed by atoms with Crippen LogP contribution in [0.2, 0.25) is 0 Å². The zero-order valence-electron chi connectivity index (χ0n) is 19.0. The standard InChI is InChI=1S/C24H32N4O2/c1-16-12-18(3)25-22(13-16)19(4)27-29-14-24(5,6)15-30-28-21-9-7-8-20-11-10-17(2)26-23(20)21/h10-13H,7-9,14-15H2,1-6H3/b27-19+,28-21+. The predicted octanol–water partition coefficient (Wildman–Crippen LogP) is 4.93. The molecule has 0 N–H and O–H groups in total. The number of oxime groups is 2. The van der Waals surface area contributed by atoms with Crippen molar-refractivity contribution >= 4 is 11.4 Å². The van der Waals surface area contributed by atoms with Gasteiger partial charge in [-0.2, -0.15) is 0 Å². The number of pyridine rings is 2. The molecular formula is C24H32N4O2. The third-order valence-electron chi connectivity index (χ3n) is 5.01. The summed E-state index contributed by atoms with van der Waals surface area (Å²) in [5.74, 6) is 0. The number of nitrogens with zero attached hydrogens (tertiary/aromatic N) is 4. The Morgan fingerprint density at radius 2 is 1.77 bits per heavy atom. The monoisotopic (exact) mass is 408 g/mol. The van der Waals surface area contributed by atoms with E-state index in [0.29, 0.717) is 13.2 Å². The normalized spacial score (nSPS) is 15.8. The number of hydrogen-bond donors (Lipinski definition) is 0. The van der Waals surface area contributed by atoms with E-state index in [0.717, 1.165) is 59.0 Å². The number of aromatic nitrogens is 2. The summed E-state index contributed by atoms with van der Waals surface area (Å²) in [4.78, 5) is 20.5. The Hall–Kier alpha value is -2.76. The molecule has 0 atom stereocenters. The van der Waals surface area contributed by atoms with E-state index in [4.69, 9.17) is 9.68 Å². The predicted molar refractivity (Wildman–Crippen MR) is 120 cm³/mol. The molecule has 0 bridgehead atoms. The van der Waals surface area contributed by atoms with E-state index in [1.165, 1.54) is 5.56 Å². The van der Waals surface area contributed by atoms with Gasteiger partial charge in [0.25, 0.3) is 0 Å². The van der Waals surface area contributed by atoms with Gasteiger partial charge in [0.05, 0.1) is 11.4 Å². The van der Waals surface area contributed by atoms with E-state index < -0.39 is 0 Å². The van der Waals surface area contributed by atoms with Crippen molar-refractivity contribution < 1.29 is 9.68 Å². The second-order valence-electron chi connectivity index (χ2n) is 8.91. The number of fused-ring (bicyclic) bond motifs is 1. The molecule has 6 heteroatoms. The van der Waals surface area contributed by atoms with Crippen LogP contribution in [-0.2, 0) is 16.1 Å². The summed E-state index contributed by atoms with van der Waals surface area (Å²) in [7, 11) is 0. The molecule has 0 aliphatic heterocycles. The molecule has 1 aliphatic rings. The third-order valence-corrected chi connectivity index (χ3v) is 5.01. The Bertz CT molecular complexity index is 943. The molecule has 0 amide bonds. The Morgan fingerprint density at radius 3 is 2.53 bits per heavy atom. The van der Waals surface area contributed by atoms with E-state index in [1.54, 1.807) is 0 Å². The van der Waals surface area contributed by atoms with Crippen LogP contribution in [0.1, 0.15) is 67.5 Å². The molecule has 0 unspecified atom stereocenters. The zero-order valence-corrected chi connectivity index (χ0v) is 19.0. The highest BCUT2D eigenvalue weighted by atomic mass is 16.6. The van der Waals surface area contributed by atoms with Gasteiger partial charge in [-0.3, -0.25) is 9.97 Å². The molecular weight excluding hydrogens is 376 g/mol. The summed E-state index contributed by atoms with van der Waals surface area (Å²) in [5.41, 5.74) is 7.68. The first kappa shape index (κ1) is 21.9. The molecule has 30 heavy (non-hydrogen) atoms. The number of aryl methyl sites for hydroxylation is 4. The van der Waals surface area contributed by atoms with E-state index in [2.05, 4.69) is 53.2 Å². The minimum atomic E-state index is -0.235. The van der Waals surface area contributed by atoms with E-state index >= 15 is 0 Å². The summed E-state index contributed by atoms with van der Waals surface area (Å²) < 4.78 is 0. The van der Waals surface area contributed by atoms with Gasteiger partial charge in [-0.05, 0) is 76.3 Å². The fourth-order valence-corrected chi connectivity index (χ4v) is 3.39. The fraction of sp³-hybridized carbons (Fsp3) is 0.500. The van der Waals surface area contributed by atoms with Gasteiger partial charge in [-0.1, -0.05) is 30.2 Å². The number of rotatable bonds is 7. The van der Waals surface area contributed by atoms with Crippen LogP contribution >= 0.6 is 0 Å². The van der Waals surface area contributed by atoms with Gasteiger partial charge in [-0.15, -0.1) is 0 Å². The van der Waals surface area contributed by atoms with Gasteiger partial charge in [0, 0.05) is 16.8 Å². The molecule has 0 fully saturated rings. The number of hydrogen-bond acceptors (Lipinski definition) is 6. The highest BCUT2D eigenvalue weighted by Gasteiger charge is 2.22. The largest absolute Gasteiger partial charge is 0.395 e. The summed E-state index contributed by atoms with van der Waals surface area (Å²) in [6.45, 7) is 13.0. The molecule has 0 spiro atoms. The van der Waals surface area contributed by atoms with E-state index in [9.17, 15) is 0 Å². The minimum Gasteiger partial charge on any atom is -0.395 e. The molecule has 0 saturated heterocycles. The smallest absolute Gasteiger partial charge is 0.125 e. The second kappa shape index (κ2) is 9.37. The van der Waals surface area contributed by atoms with Gasteiger partial charge in [-0.25, -0.2) is 0 Å². The first-order valence-corrected chi connectivity index (χ1v) is 10.5. The lowest BCUT2D eigenvalue weighted by Crippen LogP contribution is -2.24. The van der Waals surface area contributed by atoms with Crippen LogP contribution in [-0.4, -0.2) is 34.6 Å². The lowest BCUT2D eigenvalue weighted by molar-refractivity contribution is -0.000159. The van der Waals surface area contributed by atoms with Crippen molar-refractivity contribution in [3.63, 3.8) is 0 Å². The molecule has 0 saturated carbocycles. The molecule has 1 aliphatic carbocycles. The van der Waals surface area contributed by atoms with Crippen molar-refractivity contribution in [3.05, 3.63) is 58.2 Å². The molecule has 6 nitrogen and oxygen atoms in total. The molecule has 0 aromatic carbocycles. The van der Waals surface area contributed by atoms with Gasteiger partial charge in [0.1, 0.15) is 24.6 Å². The maximum absolute atomic E-state index is 5.72. The molecule has 0 radical (unpaired) electrons. The average Bonchev–Trinajstić information content (AvgIpc) is 2.67. The maximum atomic E-state index is 5.72. The van der Waals surface area contributed by atoms with Crippen LogP contribution in [0.25, 0.3) is 0 Å². The van der Waals surface area contributed by atoms with Crippen LogP contribution in [0.5, 0.6) is 0 Å². The topological polar surface area (TPSA) is 69.0 Å². The quantitative estimate of drug-likeness (QED) is 0.481. The molecule has 3 rings (SSSR count). The summed E-state index contributed by atoms with van der Waals surface area (Å²) in [6.07, 6.45) is 3.02. The van der Waals surface area contributed by atoms with Gasteiger partial charge >= 0.3 is 0 Å². The van der Waals surface area contributed by atoms with Crippen molar-refractivity contribution in [1.29, 1.82) is 0 Å². The van der Waals surface area contributed by atoms with Crippen LogP contribution < -0.4 is 0 Å². The summed E-state index contributed by atoms with van der Waals surface area (Å²) in [6, 6.07) is 8.26. The Labute approximate surface area is 179 Å². The molecule has 2 aromatic heterocycles. The molecule has 2 heterocycles. The highest BCUT2D eigenvalue weighted by Crippen LogP contribution is 2.22. The van der Waals surface area contributed by atoms with Crippen molar-refractivity contribution in [2.45, 2.75) is 60.8 Å². The van der Waals surface area contributed by atoms with Crippen molar-refractivity contribution in [2.24, 2.45) is 15.7 Å². The first-order chi connectivity index (χ1) is 14.2. The lowest BCUT2D eigenvalue weighted by atomic mass is 9.94. The van der Waals surface area contributed by atoms with Crippen molar-refractivity contribution in [1.82, 2.24) is 9.97 Å². The van der Waals surface area contributed by atoms with Crippen LogP contribution in [0.3, 0.4) is 0 Å². The first-order valence-electron chi connectivity index (χ1n) is 10.5. The van der Waals surface area contributed by atoms with Crippen LogP contribution in [0.4, 0.5) is 0 Å². The summed E-state index contributed by atoms with van der Waals surface area (Å²) >= 11 is 0. The zero-order chi connectivity index (χ0) is 21.7. The Morgan fingerprint density at radius 1 is 1.00 bits per heavy atom. The molecule has 160 valence electrons. The van der Waals surface area contributed by atoms with Crippen molar-refractivity contribution in [3.8, 4) is 0 Å². The molecule has 2 aromatic rings. The Balaban J connectivity index is 1.56. The fourth-order valence-electron chi connectivity index (χ4n) is 3.39. The average molecular weight is 409 g/mol. The minimum absolute atomic E-state index is 0.235. The highest BCUT2D eigenvalue weighted by molar-refractivity contribution is 6.00. The maximum Gasteiger partial charge on any atom is 0.125 e. The van der Waals surface area contributed by atoms with E-state index in [-0.39, 0.29) is 5.41 Å². The van der Waals surface area contributed by atoms with Crippen molar-refractivity contribution in [2.75, 3.05) is 13.2 Å². The van der Waals surface area contributed by atoms with Gasteiger partial charge in [0.15, 0.2) is 0 Å². The van der Waals surface area contributed by atoms with E-state index in [1.807, 2.05) is 32.9 Å². The lowest BCUT2D eigenvalue weighted by Gasteiger charge is -2.22. The van der Waals surface area contributed by atoms with Gasteiger partial charge in [0.2, 0.25) is 0 Å². The van der Waals surface area contributed by atoms with Crippen LogP contribution in [0.15, 0.2) is 34.6 Å². The third kappa shape index (κ3) is 5.88. The summed E-state index contributed by atoms with van der Waals surface area (Å²) in [5, 5.41) is 8.67. The van der Waals surface area contributed by atoms with Crippen LogP contribution in [0, 0.1) is 26.2 Å². The Kier molecular flexibility index (Phi) is 6.85. The second-order valence-corrected chi connectivity index (χ2v) is 8.91. The SMILES string of the molecule is C/C(=N\OCC(C)(C)CO/N=C1\CCCc2ccc(C)nc21)c1cc(C)cc(C)n1. The van der Waals surface area contributed by atoms with Gasteiger partial charge < -0.3 is 9.68 Å².